The van der Waals surface area contributed by atoms with Gasteiger partial charge in [0.1, 0.15) is 0 Å². The zero-order valence-electron chi connectivity index (χ0n) is 11.3. The molecule has 3 rings (SSSR count). The number of hydrogen-bond acceptors (Lipinski definition) is 1. The summed E-state index contributed by atoms with van der Waals surface area (Å²) < 4.78 is 38.5. The first-order chi connectivity index (χ1) is 9.97. The summed E-state index contributed by atoms with van der Waals surface area (Å²) in [5.74, 6) is 0. The Morgan fingerprint density at radius 2 is 1.81 bits per heavy atom. The predicted octanol–water partition coefficient (Wildman–Crippen LogP) is 4.74. The smallest absolute Gasteiger partial charge is 0.388 e. The lowest BCUT2D eigenvalue weighted by Crippen LogP contribution is -2.10. The maximum atomic E-state index is 12.8. The van der Waals surface area contributed by atoms with E-state index >= 15 is 0 Å². The van der Waals surface area contributed by atoms with Gasteiger partial charge in [0.25, 0.3) is 0 Å². The van der Waals surface area contributed by atoms with Crippen LogP contribution in [-0.4, -0.2) is 5.11 Å². The standard InChI is InChI=1S/C17H15F3O/c18-17(19,20)12-5-1-4-11(10-12)13-6-2-8-15-14(13)7-3-9-16(15)21/h1-2,4-6,8,10,16,21H,3,7,9H2. The molecule has 1 aliphatic carbocycles. The number of alkyl halides is 3. The molecule has 0 amide bonds. The number of halogens is 3. The van der Waals surface area contributed by atoms with Gasteiger partial charge in [0.2, 0.25) is 0 Å². The monoisotopic (exact) mass is 292 g/mol. The first-order valence-corrected chi connectivity index (χ1v) is 6.94. The number of aliphatic hydroxyl groups excluding tert-OH is 1. The fourth-order valence-corrected chi connectivity index (χ4v) is 2.96. The minimum atomic E-state index is -4.34. The van der Waals surface area contributed by atoms with Crippen LogP contribution in [0.4, 0.5) is 13.2 Å². The molecular weight excluding hydrogens is 277 g/mol. The van der Waals surface area contributed by atoms with Crippen LogP contribution in [0.1, 0.15) is 35.6 Å². The summed E-state index contributed by atoms with van der Waals surface area (Å²) >= 11 is 0. The van der Waals surface area contributed by atoms with Gasteiger partial charge in [0.15, 0.2) is 0 Å². The average Bonchev–Trinajstić information content (AvgIpc) is 2.46. The number of fused-ring (bicyclic) bond motifs is 1. The normalized spacial score (nSPS) is 18.4. The van der Waals surface area contributed by atoms with Crippen LogP contribution in [0.25, 0.3) is 11.1 Å². The highest BCUT2D eigenvalue weighted by molar-refractivity contribution is 5.70. The summed E-state index contributed by atoms with van der Waals surface area (Å²) in [7, 11) is 0. The van der Waals surface area contributed by atoms with E-state index in [9.17, 15) is 18.3 Å². The van der Waals surface area contributed by atoms with Gasteiger partial charge in [-0.05, 0) is 53.6 Å². The summed E-state index contributed by atoms with van der Waals surface area (Å²) in [6.07, 6.45) is -2.51. The van der Waals surface area contributed by atoms with Crippen molar-refractivity contribution in [3.8, 4) is 11.1 Å². The Morgan fingerprint density at radius 1 is 1.05 bits per heavy atom. The average molecular weight is 292 g/mol. The van der Waals surface area contributed by atoms with Crippen LogP contribution < -0.4 is 0 Å². The van der Waals surface area contributed by atoms with Gasteiger partial charge in [0.05, 0.1) is 11.7 Å². The maximum absolute atomic E-state index is 12.8. The van der Waals surface area contributed by atoms with E-state index in [1.807, 2.05) is 12.1 Å². The van der Waals surface area contributed by atoms with Crippen LogP contribution in [-0.2, 0) is 12.6 Å². The maximum Gasteiger partial charge on any atom is 0.416 e. The molecular formula is C17H15F3O. The van der Waals surface area contributed by atoms with E-state index in [1.54, 1.807) is 12.1 Å². The Kier molecular flexibility index (Phi) is 3.49. The summed E-state index contributed by atoms with van der Waals surface area (Å²) in [4.78, 5) is 0. The molecule has 4 heteroatoms. The van der Waals surface area contributed by atoms with E-state index in [1.165, 1.54) is 12.1 Å². The van der Waals surface area contributed by atoms with E-state index < -0.39 is 17.8 Å². The zero-order chi connectivity index (χ0) is 15.0. The molecule has 0 fully saturated rings. The van der Waals surface area contributed by atoms with Crippen LogP contribution in [0, 0.1) is 0 Å². The largest absolute Gasteiger partial charge is 0.416 e. The molecule has 21 heavy (non-hydrogen) atoms. The molecule has 0 bridgehead atoms. The van der Waals surface area contributed by atoms with Crippen molar-refractivity contribution in [2.24, 2.45) is 0 Å². The molecule has 1 N–H and O–H groups in total. The van der Waals surface area contributed by atoms with Gasteiger partial charge in [-0.25, -0.2) is 0 Å². The first-order valence-electron chi connectivity index (χ1n) is 6.94. The van der Waals surface area contributed by atoms with Crippen molar-refractivity contribution in [3.05, 3.63) is 59.2 Å². The van der Waals surface area contributed by atoms with Crippen molar-refractivity contribution in [3.63, 3.8) is 0 Å². The van der Waals surface area contributed by atoms with Gasteiger partial charge in [0, 0.05) is 0 Å². The van der Waals surface area contributed by atoms with Crippen molar-refractivity contribution < 1.29 is 18.3 Å². The van der Waals surface area contributed by atoms with E-state index in [0.29, 0.717) is 12.0 Å². The van der Waals surface area contributed by atoms with Crippen LogP contribution in [0.5, 0.6) is 0 Å². The third-order valence-electron chi connectivity index (χ3n) is 3.98. The van der Waals surface area contributed by atoms with Crippen LogP contribution >= 0.6 is 0 Å². The van der Waals surface area contributed by atoms with E-state index in [0.717, 1.165) is 35.6 Å². The van der Waals surface area contributed by atoms with Crippen molar-refractivity contribution in [2.45, 2.75) is 31.5 Å². The van der Waals surface area contributed by atoms with E-state index in [4.69, 9.17) is 0 Å². The molecule has 1 unspecified atom stereocenters. The Bertz CT molecular complexity index is 661. The summed E-state index contributed by atoms with van der Waals surface area (Å²) in [6.45, 7) is 0. The minimum absolute atomic E-state index is 0.514. The molecule has 0 aliphatic heterocycles. The van der Waals surface area contributed by atoms with E-state index in [-0.39, 0.29) is 0 Å². The van der Waals surface area contributed by atoms with Crippen molar-refractivity contribution in [1.29, 1.82) is 0 Å². The van der Waals surface area contributed by atoms with Crippen molar-refractivity contribution in [2.75, 3.05) is 0 Å². The number of hydrogen-bond donors (Lipinski definition) is 1. The molecule has 2 aromatic rings. The lowest BCUT2D eigenvalue weighted by molar-refractivity contribution is -0.137. The third kappa shape index (κ3) is 2.68. The summed E-state index contributed by atoms with van der Waals surface area (Å²) in [6, 6.07) is 10.8. The highest BCUT2D eigenvalue weighted by Gasteiger charge is 2.30. The van der Waals surface area contributed by atoms with Gasteiger partial charge in [-0.15, -0.1) is 0 Å². The topological polar surface area (TPSA) is 20.2 Å². The molecule has 0 radical (unpaired) electrons. The lowest BCUT2D eigenvalue weighted by Gasteiger charge is -2.24. The fraction of sp³-hybridized carbons (Fsp3) is 0.294. The van der Waals surface area contributed by atoms with Gasteiger partial charge in [-0.3, -0.25) is 0 Å². The summed E-state index contributed by atoms with van der Waals surface area (Å²) in [5.41, 5.74) is 2.51. The molecule has 0 saturated carbocycles. The van der Waals surface area contributed by atoms with Crippen LogP contribution in [0.3, 0.4) is 0 Å². The molecule has 0 aromatic heterocycles. The van der Waals surface area contributed by atoms with Gasteiger partial charge >= 0.3 is 6.18 Å². The van der Waals surface area contributed by atoms with Gasteiger partial charge in [-0.2, -0.15) is 13.2 Å². The van der Waals surface area contributed by atoms with E-state index in [2.05, 4.69) is 0 Å². The highest BCUT2D eigenvalue weighted by Crippen LogP contribution is 2.38. The summed E-state index contributed by atoms with van der Waals surface area (Å²) in [5, 5.41) is 10.0. The Hall–Kier alpha value is -1.81. The van der Waals surface area contributed by atoms with Crippen molar-refractivity contribution in [1.82, 2.24) is 0 Å². The SMILES string of the molecule is OC1CCCc2c(-c3cccc(C(F)(F)F)c3)cccc21. The van der Waals surface area contributed by atoms with Crippen LogP contribution in [0.2, 0.25) is 0 Å². The second-order valence-corrected chi connectivity index (χ2v) is 5.36. The second-order valence-electron chi connectivity index (χ2n) is 5.36. The Balaban J connectivity index is 2.12. The molecule has 1 atom stereocenters. The predicted molar refractivity (Wildman–Crippen MR) is 74.8 cm³/mol. The van der Waals surface area contributed by atoms with Gasteiger partial charge < -0.3 is 5.11 Å². The highest BCUT2D eigenvalue weighted by atomic mass is 19.4. The molecule has 0 heterocycles. The van der Waals surface area contributed by atoms with Crippen molar-refractivity contribution >= 4 is 0 Å². The minimum Gasteiger partial charge on any atom is -0.388 e. The zero-order valence-corrected chi connectivity index (χ0v) is 11.3. The molecule has 0 saturated heterocycles. The number of benzene rings is 2. The lowest BCUT2D eigenvalue weighted by atomic mass is 9.84. The Morgan fingerprint density at radius 3 is 2.57 bits per heavy atom. The number of aliphatic hydroxyl groups is 1. The van der Waals surface area contributed by atoms with Crippen LogP contribution in [0.15, 0.2) is 42.5 Å². The molecule has 2 aromatic carbocycles. The fourth-order valence-electron chi connectivity index (χ4n) is 2.96. The second kappa shape index (κ2) is 5.19. The molecule has 1 nitrogen and oxygen atoms in total. The molecule has 0 spiro atoms. The third-order valence-corrected chi connectivity index (χ3v) is 3.98. The molecule has 110 valence electrons. The Labute approximate surface area is 121 Å². The number of rotatable bonds is 1. The quantitative estimate of drug-likeness (QED) is 0.804. The molecule has 1 aliphatic rings. The first kappa shape index (κ1) is 14.1. The van der Waals surface area contributed by atoms with Gasteiger partial charge in [-0.1, -0.05) is 30.3 Å².